The van der Waals surface area contributed by atoms with Crippen molar-refractivity contribution >= 4 is 0 Å². The molecule has 0 saturated heterocycles. The maximum Gasteiger partial charge on any atom is 0.0694 e. The van der Waals surface area contributed by atoms with E-state index in [9.17, 15) is 0 Å². The zero-order valence-corrected chi connectivity index (χ0v) is 4.20. The highest BCUT2D eigenvalue weighted by Crippen LogP contribution is 1.76. The van der Waals surface area contributed by atoms with E-state index in [4.69, 9.17) is 0 Å². The summed E-state index contributed by atoms with van der Waals surface area (Å²) in [6.07, 6.45) is 2.97. The highest BCUT2D eigenvalue weighted by molar-refractivity contribution is 4.65. The maximum atomic E-state index is 3.56. The second-order valence-electron chi connectivity index (χ2n) is 1.18. The fourth-order valence-corrected chi connectivity index (χ4v) is 0.246. The van der Waals surface area contributed by atoms with Crippen LogP contribution in [0.5, 0.6) is 0 Å². The molecule has 0 unspecified atom stereocenters. The van der Waals surface area contributed by atoms with Crippen LogP contribution in [0, 0.1) is 13.3 Å². The first-order valence-electron chi connectivity index (χ1n) is 2.17. The van der Waals surface area contributed by atoms with Gasteiger partial charge >= 0.3 is 0 Å². The minimum Gasteiger partial charge on any atom is -0.316 e. The van der Waals surface area contributed by atoms with E-state index in [0.29, 0.717) is 0 Å². The lowest BCUT2D eigenvalue weighted by atomic mass is 10.3. The van der Waals surface area contributed by atoms with Crippen LogP contribution >= 0.6 is 0 Å². The lowest BCUT2D eigenvalue weighted by Gasteiger charge is -1.86. The van der Waals surface area contributed by atoms with Gasteiger partial charge in [-0.2, -0.15) is 0 Å². The van der Waals surface area contributed by atoms with Crippen molar-refractivity contribution in [1.82, 2.24) is 5.32 Å². The van der Waals surface area contributed by atoms with Crippen molar-refractivity contribution in [3.05, 3.63) is 13.3 Å². The fraction of sp³-hybridized carbons (Fsp3) is 0.600. The van der Waals surface area contributed by atoms with Crippen LogP contribution in [0.15, 0.2) is 0 Å². The molecule has 0 aromatic heterocycles. The summed E-state index contributed by atoms with van der Waals surface area (Å²) in [7, 11) is 1.93. The van der Waals surface area contributed by atoms with Crippen molar-refractivity contribution in [2.45, 2.75) is 6.42 Å². The summed E-state index contributed by atoms with van der Waals surface area (Å²) in [5.74, 6) is 0. The minimum absolute atomic E-state index is 1.05. The Balaban J connectivity index is 2.34. The number of hydrogen-bond acceptors (Lipinski definition) is 1. The summed E-state index contributed by atoms with van der Waals surface area (Å²) in [6, 6.07) is 0. The molecule has 0 spiro atoms. The van der Waals surface area contributed by atoms with E-state index >= 15 is 0 Å². The van der Waals surface area contributed by atoms with Crippen molar-refractivity contribution < 1.29 is 0 Å². The SMILES string of the molecule is [CH2-][CH+]CCNC. The molecule has 6 heavy (non-hydrogen) atoms. The molecule has 0 amide bonds. The largest absolute Gasteiger partial charge is 0.316 e. The lowest BCUT2D eigenvalue weighted by molar-refractivity contribution is 0.791. The Morgan fingerprint density at radius 2 is 2.50 bits per heavy atom. The summed E-state index contributed by atoms with van der Waals surface area (Å²) < 4.78 is 0. The summed E-state index contributed by atoms with van der Waals surface area (Å²) in [5.41, 5.74) is 0. The Labute approximate surface area is 39.7 Å². The van der Waals surface area contributed by atoms with Gasteiger partial charge < -0.3 is 5.32 Å². The van der Waals surface area contributed by atoms with E-state index < -0.39 is 0 Å². The summed E-state index contributed by atoms with van der Waals surface area (Å²) in [6.45, 7) is 4.60. The van der Waals surface area contributed by atoms with Crippen LogP contribution in [0.4, 0.5) is 0 Å². The molecule has 0 bridgehead atoms. The zero-order valence-electron chi connectivity index (χ0n) is 4.20. The quantitative estimate of drug-likeness (QED) is 0.391. The normalized spacial score (nSPS) is 8.33. The van der Waals surface area contributed by atoms with Gasteiger partial charge in [-0.1, -0.05) is 6.42 Å². The van der Waals surface area contributed by atoms with Crippen LogP contribution in [-0.4, -0.2) is 13.6 Å². The molecule has 0 radical (unpaired) electrons. The molecule has 0 saturated carbocycles. The second kappa shape index (κ2) is 4.83. The van der Waals surface area contributed by atoms with Crippen LogP contribution in [0.2, 0.25) is 0 Å². The van der Waals surface area contributed by atoms with Gasteiger partial charge in [0.25, 0.3) is 0 Å². The highest BCUT2D eigenvalue weighted by atomic mass is 14.8. The minimum atomic E-state index is 1.05. The molecule has 0 aliphatic carbocycles. The average molecular weight is 85.1 g/mol. The highest BCUT2D eigenvalue weighted by Gasteiger charge is 1.77. The molecule has 1 nitrogen and oxygen atoms in total. The molecule has 1 N–H and O–H groups in total. The molecule has 0 aliphatic rings. The molecule has 1 heteroatoms. The molecule has 0 aromatic rings. The van der Waals surface area contributed by atoms with Gasteiger partial charge in [0.1, 0.15) is 0 Å². The predicted octanol–water partition coefficient (Wildman–Crippen LogP) is 0.634. The van der Waals surface area contributed by atoms with E-state index in [1.165, 1.54) is 0 Å². The van der Waals surface area contributed by atoms with Crippen molar-refractivity contribution in [3.8, 4) is 0 Å². The third kappa shape index (κ3) is 3.83. The van der Waals surface area contributed by atoms with Gasteiger partial charge in [-0.25, -0.2) is 0 Å². The smallest absolute Gasteiger partial charge is 0.0694 e. The summed E-state index contributed by atoms with van der Waals surface area (Å²) in [5, 5.41) is 3.00. The standard InChI is InChI=1S/C5H11N/c1-3-4-5-6-2/h3,6H,1,4-5H2,2H3. The van der Waals surface area contributed by atoms with E-state index in [0.717, 1.165) is 13.0 Å². The summed E-state index contributed by atoms with van der Waals surface area (Å²) >= 11 is 0. The van der Waals surface area contributed by atoms with Crippen molar-refractivity contribution in [1.29, 1.82) is 0 Å². The average Bonchev–Trinajstić information content (AvgIpc) is 1.61. The molecular formula is C5H11N. The Hall–Kier alpha value is -0.170. The van der Waals surface area contributed by atoms with E-state index in [-0.39, 0.29) is 0 Å². The van der Waals surface area contributed by atoms with Gasteiger partial charge in [0, 0.05) is 6.54 Å². The topological polar surface area (TPSA) is 12.0 Å². The fourth-order valence-electron chi connectivity index (χ4n) is 0.246. The zero-order chi connectivity index (χ0) is 4.83. The van der Waals surface area contributed by atoms with Crippen LogP contribution in [0.25, 0.3) is 0 Å². The molecule has 0 fully saturated rings. The van der Waals surface area contributed by atoms with E-state index in [1.54, 1.807) is 0 Å². The first-order chi connectivity index (χ1) is 2.91. The molecular weight excluding hydrogens is 74.1 g/mol. The Bertz CT molecular complexity index is 15.9. The Morgan fingerprint density at radius 1 is 1.83 bits per heavy atom. The maximum absolute atomic E-state index is 3.56. The number of rotatable bonds is 3. The van der Waals surface area contributed by atoms with Gasteiger partial charge in [-0.05, 0) is 7.05 Å². The Morgan fingerprint density at radius 3 is 2.67 bits per heavy atom. The molecule has 0 rings (SSSR count). The van der Waals surface area contributed by atoms with Crippen LogP contribution in [-0.2, 0) is 0 Å². The van der Waals surface area contributed by atoms with Crippen molar-refractivity contribution in [3.63, 3.8) is 0 Å². The van der Waals surface area contributed by atoms with Gasteiger partial charge in [0.15, 0.2) is 0 Å². The Kier molecular flexibility index (Phi) is 4.69. The van der Waals surface area contributed by atoms with Crippen molar-refractivity contribution in [2.75, 3.05) is 13.6 Å². The molecule has 0 aliphatic heterocycles. The molecule has 0 atom stereocenters. The predicted molar refractivity (Wildman–Crippen MR) is 28.2 cm³/mol. The van der Waals surface area contributed by atoms with Crippen LogP contribution in [0.3, 0.4) is 0 Å². The summed E-state index contributed by atoms with van der Waals surface area (Å²) in [4.78, 5) is 0. The van der Waals surface area contributed by atoms with Crippen LogP contribution < -0.4 is 5.32 Å². The van der Waals surface area contributed by atoms with Gasteiger partial charge in [-0.15, -0.1) is 6.92 Å². The lowest BCUT2D eigenvalue weighted by Crippen LogP contribution is -2.06. The number of nitrogens with one attached hydrogen (secondary N) is 1. The third-order valence-electron chi connectivity index (χ3n) is 0.598. The molecule has 0 heterocycles. The molecule has 0 aromatic carbocycles. The van der Waals surface area contributed by atoms with Gasteiger partial charge in [-0.3, -0.25) is 0 Å². The second-order valence-corrected chi connectivity index (χ2v) is 1.18. The van der Waals surface area contributed by atoms with Gasteiger partial charge in [0.05, 0.1) is 6.42 Å². The van der Waals surface area contributed by atoms with Crippen molar-refractivity contribution in [2.24, 2.45) is 0 Å². The number of hydrogen-bond donors (Lipinski definition) is 1. The first kappa shape index (κ1) is 5.83. The van der Waals surface area contributed by atoms with E-state index in [1.807, 2.05) is 13.5 Å². The number of unbranched alkanes of at least 4 members (excludes halogenated alkanes) is 1. The monoisotopic (exact) mass is 85.1 g/mol. The first-order valence-corrected chi connectivity index (χ1v) is 2.17. The third-order valence-corrected chi connectivity index (χ3v) is 0.598. The molecule has 36 valence electrons. The van der Waals surface area contributed by atoms with Crippen LogP contribution in [0.1, 0.15) is 6.42 Å². The van der Waals surface area contributed by atoms with E-state index in [2.05, 4.69) is 12.2 Å². The van der Waals surface area contributed by atoms with Gasteiger partial charge in [0.2, 0.25) is 0 Å².